The van der Waals surface area contributed by atoms with Gasteiger partial charge in [0.25, 0.3) is 5.91 Å². The van der Waals surface area contributed by atoms with Gasteiger partial charge < -0.3 is 15.0 Å². The third kappa shape index (κ3) is 4.54. The van der Waals surface area contributed by atoms with Gasteiger partial charge in [-0.25, -0.2) is 0 Å². The van der Waals surface area contributed by atoms with E-state index in [1.165, 1.54) is 35.6 Å². The highest BCUT2D eigenvalue weighted by Crippen LogP contribution is 2.23. The molecule has 1 saturated heterocycles. The number of carbonyl (C=O) groups excluding carboxylic acids is 2. The van der Waals surface area contributed by atoms with Crippen LogP contribution in [0.5, 0.6) is 5.75 Å². The lowest BCUT2D eigenvalue weighted by Crippen LogP contribution is -2.55. The van der Waals surface area contributed by atoms with Crippen LogP contribution in [0.4, 0.5) is 13.2 Å². The van der Waals surface area contributed by atoms with Gasteiger partial charge in [0, 0.05) is 19.6 Å². The summed E-state index contributed by atoms with van der Waals surface area (Å²) < 4.78 is 40.1. The summed E-state index contributed by atoms with van der Waals surface area (Å²) in [6.07, 6.45) is -4.73. The number of nitrogens with one attached hydrogen (secondary N) is 1. The van der Waals surface area contributed by atoms with Crippen molar-refractivity contribution in [2.24, 2.45) is 5.92 Å². The highest BCUT2D eigenvalue weighted by Gasteiger charge is 2.36. The van der Waals surface area contributed by atoms with E-state index in [0.717, 1.165) is 0 Å². The number of amides is 2. The Morgan fingerprint density at radius 2 is 1.88 bits per heavy atom. The fraction of sp³-hybridized carbons (Fsp3) is 0.294. The minimum atomic E-state index is -4.73. The summed E-state index contributed by atoms with van der Waals surface area (Å²) in [5.41, 5.74) is 0.652. The Hall–Kier alpha value is -2.55. The highest BCUT2D eigenvalue weighted by atomic mass is 32.1. The first kappa shape index (κ1) is 18.2. The number of ether oxygens (including phenoxy) is 1. The van der Waals surface area contributed by atoms with Crippen molar-refractivity contribution in [3.8, 4) is 5.75 Å². The first-order valence-electron chi connectivity index (χ1n) is 7.77. The van der Waals surface area contributed by atoms with Crippen molar-refractivity contribution < 1.29 is 27.5 Å². The average Bonchev–Trinajstić information content (AvgIpc) is 3.05. The van der Waals surface area contributed by atoms with E-state index in [4.69, 9.17) is 0 Å². The van der Waals surface area contributed by atoms with Gasteiger partial charge in [0.15, 0.2) is 0 Å². The molecule has 1 aromatic heterocycles. The molecule has 138 valence electrons. The molecule has 5 nitrogen and oxygen atoms in total. The highest BCUT2D eigenvalue weighted by molar-refractivity contribution is 7.12. The Bertz CT molecular complexity index is 770. The third-order valence-electron chi connectivity index (χ3n) is 3.90. The summed E-state index contributed by atoms with van der Waals surface area (Å²) in [7, 11) is 0. The molecule has 2 amide bonds. The van der Waals surface area contributed by atoms with Gasteiger partial charge >= 0.3 is 6.36 Å². The molecule has 9 heteroatoms. The monoisotopic (exact) mass is 384 g/mol. The molecule has 3 rings (SSSR count). The number of alkyl halides is 3. The van der Waals surface area contributed by atoms with Crippen LogP contribution in [-0.4, -0.2) is 36.2 Å². The fourth-order valence-corrected chi connectivity index (χ4v) is 3.20. The minimum absolute atomic E-state index is 0.0793. The Morgan fingerprint density at radius 3 is 2.46 bits per heavy atom. The van der Waals surface area contributed by atoms with Gasteiger partial charge in [0.05, 0.1) is 10.8 Å². The van der Waals surface area contributed by atoms with Gasteiger partial charge in [-0.2, -0.15) is 0 Å². The van der Waals surface area contributed by atoms with E-state index in [0.29, 0.717) is 23.5 Å². The van der Waals surface area contributed by atoms with Gasteiger partial charge in [0.1, 0.15) is 5.75 Å². The Labute approximate surface area is 151 Å². The van der Waals surface area contributed by atoms with E-state index in [1.807, 2.05) is 5.38 Å². The van der Waals surface area contributed by atoms with E-state index in [1.54, 1.807) is 17.0 Å². The number of benzene rings is 1. The zero-order valence-electron chi connectivity index (χ0n) is 13.5. The van der Waals surface area contributed by atoms with Gasteiger partial charge in [0.2, 0.25) is 5.91 Å². The van der Waals surface area contributed by atoms with E-state index in [-0.39, 0.29) is 30.0 Å². The van der Waals surface area contributed by atoms with Crippen molar-refractivity contribution in [1.29, 1.82) is 0 Å². The lowest BCUT2D eigenvalue weighted by molar-refractivity contribution is -0.274. The van der Waals surface area contributed by atoms with Crippen molar-refractivity contribution in [3.05, 3.63) is 52.2 Å². The summed E-state index contributed by atoms with van der Waals surface area (Å²) in [6, 6.07) is 8.84. The maximum atomic E-state index is 12.1. The molecule has 0 saturated carbocycles. The lowest BCUT2D eigenvalue weighted by atomic mass is 9.98. The number of carbonyl (C=O) groups is 2. The first-order valence-corrected chi connectivity index (χ1v) is 8.65. The molecule has 0 atom stereocenters. The second-order valence-electron chi connectivity index (χ2n) is 5.79. The third-order valence-corrected chi connectivity index (χ3v) is 4.75. The standard InChI is InChI=1S/C17H15F3N2O3S/c18-17(19,20)25-13-5-3-11(4-6-13)8-21-15(23)12-9-22(10-12)16(24)14-2-1-7-26-14/h1-7,12H,8-10H2,(H,21,23). The van der Waals surface area contributed by atoms with Crippen LogP contribution in [0.2, 0.25) is 0 Å². The zero-order valence-corrected chi connectivity index (χ0v) is 14.3. The molecule has 0 unspecified atom stereocenters. The number of nitrogens with zero attached hydrogens (tertiary/aromatic N) is 1. The minimum Gasteiger partial charge on any atom is -0.406 e. The molecule has 1 aromatic carbocycles. The smallest absolute Gasteiger partial charge is 0.406 e. The van der Waals surface area contributed by atoms with Crippen molar-refractivity contribution in [3.63, 3.8) is 0 Å². The van der Waals surface area contributed by atoms with Crippen LogP contribution >= 0.6 is 11.3 Å². The topological polar surface area (TPSA) is 58.6 Å². The summed E-state index contributed by atoms with van der Waals surface area (Å²) in [4.78, 5) is 26.4. The number of hydrogen-bond acceptors (Lipinski definition) is 4. The molecule has 1 fully saturated rings. The van der Waals surface area contributed by atoms with Crippen molar-refractivity contribution in [2.45, 2.75) is 12.9 Å². The van der Waals surface area contributed by atoms with Crippen LogP contribution in [-0.2, 0) is 11.3 Å². The Balaban J connectivity index is 1.43. The molecule has 1 N–H and O–H groups in total. The van der Waals surface area contributed by atoms with Crippen molar-refractivity contribution in [2.75, 3.05) is 13.1 Å². The maximum Gasteiger partial charge on any atom is 0.573 e. The summed E-state index contributed by atoms with van der Waals surface area (Å²) in [5.74, 6) is -0.846. The van der Waals surface area contributed by atoms with Crippen LogP contribution < -0.4 is 10.1 Å². The molecular formula is C17H15F3N2O3S. The number of thiophene rings is 1. The number of likely N-dealkylation sites (tertiary alicyclic amines) is 1. The van der Waals surface area contributed by atoms with E-state index in [9.17, 15) is 22.8 Å². The second kappa shape index (κ2) is 7.36. The molecule has 1 aliphatic heterocycles. The number of rotatable bonds is 5. The molecule has 0 radical (unpaired) electrons. The number of hydrogen-bond donors (Lipinski definition) is 1. The van der Waals surface area contributed by atoms with E-state index < -0.39 is 6.36 Å². The van der Waals surface area contributed by atoms with Crippen LogP contribution in [0, 0.1) is 5.92 Å². The van der Waals surface area contributed by atoms with Crippen molar-refractivity contribution >= 4 is 23.2 Å². The second-order valence-corrected chi connectivity index (χ2v) is 6.74. The quantitative estimate of drug-likeness (QED) is 0.862. The van der Waals surface area contributed by atoms with Crippen LogP contribution in [0.1, 0.15) is 15.2 Å². The fourth-order valence-electron chi connectivity index (χ4n) is 2.51. The molecule has 0 spiro atoms. The molecular weight excluding hydrogens is 369 g/mol. The summed E-state index contributed by atoms with van der Waals surface area (Å²) in [6.45, 7) is 0.919. The predicted octanol–water partition coefficient (Wildman–Crippen LogP) is 3.04. The Morgan fingerprint density at radius 1 is 1.19 bits per heavy atom. The normalized spacial score (nSPS) is 14.7. The van der Waals surface area contributed by atoms with Gasteiger partial charge in [-0.3, -0.25) is 9.59 Å². The predicted molar refractivity (Wildman–Crippen MR) is 88.7 cm³/mol. The van der Waals surface area contributed by atoms with Crippen LogP contribution in [0.3, 0.4) is 0 Å². The first-order chi connectivity index (χ1) is 12.3. The van der Waals surface area contributed by atoms with Gasteiger partial charge in [-0.05, 0) is 29.1 Å². The van der Waals surface area contributed by atoms with Crippen molar-refractivity contribution in [1.82, 2.24) is 10.2 Å². The molecule has 1 aliphatic rings. The number of halogens is 3. The SMILES string of the molecule is O=C(NCc1ccc(OC(F)(F)F)cc1)C1CN(C(=O)c2cccs2)C1. The maximum absolute atomic E-state index is 12.1. The summed E-state index contributed by atoms with van der Waals surface area (Å²) in [5, 5.41) is 4.55. The van der Waals surface area contributed by atoms with E-state index in [2.05, 4.69) is 10.1 Å². The van der Waals surface area contributed by atoms with Gasteiger partial charge in [-0.1, -0.05) is 18.2 Å². The largest absolute Gasteiger partial charge is 0.573 e. The average molecular weight is 384 g/mol. The Kier molecular flexibility index (Phi) is 5.17. The van der Waals surface area contributed by atoms with E-state index >= 15 is 0 Å². The molecule has 0 bridgehead atoms. The molecule has 2 heterocycles. The molecule has 0 aliphatic carbocycles. The van der Waals surface area contributed by atoms with Gasteiger partial charge in [-0.15, -0.1) is 24.5 Å². The molecule has 26 heavy (non-hydrogen) atoms. The molecule has 2 aromatic rings. The zero-order chi connectivity index (χ0) is 18.7. The van der Waals surface area contributed by atoms with Crippen LogP contribution in [0.15, 0.2) is 41.8 Å². The lowest BCUT2D eigenvalue weighted by Gasteiger charge is -2.37. The summed E-state index contributed by atoms with van der Waals surface area (Å²) >= 11 is 1.36. The van der Waals surface area contributed by atoms with Crippen LogP contribution in [0.25, 0.3) is 0 Å².